The van der Waals surface area contributed by atoms with Gasteiger partial charge in [-0.3, -0.25) is 4.79 Å². The smallest absolute Gasteiger partial charge is 0.406 e. The summed E-state index contributed by atoms with van der Waals surface area (Å²) in [7, 11) is 0. The van der Waals surface area contributed by atoms with Crippen molar-refractivity contribution < 1.29 is 32.6 Å². The number of nitrogens with zero attached hydrogens (tertiary/aromatic N) is 5. The summed E-state index contributed by atoms with van der Waals surface area (Å²) >= 11 is 6.27. The third-order valence-electron chi connectivity index (χ3n) is 7.59. The minimum absolute atomic E-state index is 0.0296. The number of aromatic nitrogens is 2. The molecule has 2 aliphatic rings. The first-order chi connectivity index (χ1) is 21.0. The molecule has 0 aliphatic carbocycles. The normalized spacial score (nSPS) is 20.4. The van der Waals surface area contributed by atoms with Crippen molar-refractivity contribution in [3.63, 3.8) is 0 Å². The standard InChI is InChI=1S/C29H29ClF3N7O4/c30-22-4-2-1-3-20(22)26(42)40-27(44-16-18-7-5-17(13-34)6-8-18)21(14-35)23(37-40)24-25(29(31,32)33)36-10-12-39(24)28(43)38-11-9-19(41)15-38/h1-8,19,24-25,36,41H,9-13,15-16,34H2. The monoisotopic (exact) mass is 631 g/mol. The maximum Gasteiger partial charge on any atom is 0.406 e. The number of halogens is 4. The molecule has 3 aromatic rings. The highest BCUT2D eigenvalue weighted by atomic mass is 35.5. The predicted molar refractivity (Wildman–Crippen MR) is 152 cm³/mol. The number of aliphatic hydroxyl groups excluding tert-OH is 1. The number of urea groups is 1. The van der Waals surface area contributed by atoms with Gasteiger partial charge in [-0.05, 0) is 29.7 Å². The molecule has 44 heavy (non-hydrogen) atoms. The average molecular weight is 632 g/mol. The molecule has 0 saturated carbocycles. The van der Waals surface area contributed by atoms with E-state index in [1.54, 1.807) is 36.4 Å². The zero-order valence-corrected chi connectivity index (χ0v) is 24.1. The van der Waals surface area contributed by atoms with E-state index in [1.165, 1.54) is 17.0 Å². The first-order valence-corrected chi connectivity index (χ1v) is 14.2. The summed E-state index contributed by atoms with van der Waals surface area (Å²) < 4.78 is 50.2. The number of rotatable bonds is 6. The minimum atomic E-state index is -4.87. The maximum absolute atomic E-state index is 14.5. The first kappa shape index (κ1) is 31.3. The number of piperazine rings is 1. The molecule has 0 spiro atoms. The molecular formula is C29H29ClF3N7O4. The largest absolute Gasteiger partial charge is 0.472 e. The van der Waals surface area contributed by atoms with E-state index in [9.17, 15) is 33.1 Å². The second-order valence-electron chi connectivity index (χ2n) is 10.5. The van der Waals surface area contributed by atoms with Gasteiger partial charge in [-0.25, -0.2) is 4.79 Å². The number of nitrogens with two attached hydrogens (primary N) is 1. The van der Waals surface area contributed by atoms with E-state index in [-0.39, 0.29) is 49.8 Å². The summed E-state index contributed by atoms with van der Waals surface area (Å²) in [6.45, 7) is -0.0954. The Labute approximate surface area is 255 Å². The minimum Gasteiger partial charge on any atom is -0.472 e. The second-order valence-corrected chi connectivity index (χ2v) is 10.9. The summed E-state index contributed by atoms with van der Waals surface area (Å²) in [5.74, 6) is -1.24. The highest BCUT2D eigenvalue weighted by Crippen LogP contribution is 2.40. The van der Waals surface area contributed by atoms with E-state index in [0.717, 1.165) is 10.5 Å². The van der Waals surface area contributed by atoms with E-state index < -0.39 is 53.4 Å². The molecule has 4 N–H and O–H groups in total. The molecule has 2 aromatic carbocycles. The number of nitrogens with one attached hydrogen (secondary N) is 1. The number of hydrogen-bond donors (Lipinski definition) is 3. The van der Waals surface area contributed by atoms with E-state index in [4.69, 9.17) is 22.1 Å². The van der Waals surface area contributed by atoms with Gasteiger partial charge >= 0.3 is 12.2 Å². The lowest BCUT2D eigenvalue weighted by Gasteiger charge is -2.43. The van der Waals surface area contributed by atoms with Crippen molar-refractivity contribution in [2.45, 2.75) is 43.9 Å². The predicted octanol–water partition coefficient (Wildman–Crippen LogP) is 3.20. The van der Waals surface area contributed by atoms with Gasteiger partial charge in [0.15, 0.2) is 0 Å². The van der Waals surface area contributed by atoms with Crippen LogP contribution in [0.1, 0.15) is 45.2 Å². The lowest BCUT2D eigenvalue weighted by atomic mass is 9.97. The molecular weight excluding hydrogens is 603 g/mol. The van der Waals surface area contributed by atoms with E-state index >= 15 is 0 Å². The Morgan fingerprint density at radius 3 is 2.48 bits per heavy atom. The number of nitriles is 1. The van der Waals surface area contributed by atoms with Crippen molar-refractivity contribution in [1.29, 1.82) is 5.26 Å². The Kier molecular flexibility index (Phi) is 9.12. The molecule has 2 amide bonds. The van der Waals surface area contributed by atoms with E-state index in [1.807, 2.05) is 6.07 Å². The Hall–Kier alpha value is -4.16. The van der Waals surface area contributed by atoms with Crippen LogP contribution in [-0.4, -0.2) is 81.1 Å². The molecule has 232 valence electrons. The topological polar surface area (TPSA) is 150 Å². The number of β-amino-alcohol motifs (C(OH)–C–C–N with tert-alkyl or cyclic N) is 1. The Morgan fingerprint density at radius 2 is 1.86 bits per heavy atom. The number of ether oxygens (including phenoxy) is 1. The number of carbonyl (C=O) groups excluding carboxylic acids is 2. The number of carbonyl (C=O) groups is 2. The third kappa shape index (κ3) is 6.22. The van der Waals surface area contributed by atoms with E-state index in [0.29, 0.717) is 16.8 Å². The van der Waals surface area contributed by atoms with Crippen molar-refractivity contribution in [3.8, 4) is 11.9 Å². The van der Waals surface area contributed by atoms with Crippen molar-refractivity contribution in [2.75, 3.05) is 26.2 Å². The number of likely N-dealkylation sites (tertiary alicyclic amines) is 1. The summed E-state index contributed by atoms with van der Waals surface area (Å²) in [5, 5.41) is 27.0. The number of aliphatic hydroxyl groups is 1. The maximum atomic E-state index is 14.5. The summed E-state index contributed by atoms with van der Waals surface area (Å²) in [6.07, 6.45) is -5.40. The summed E-state index contributed by atoms with van der Waals surface area (Å²) in [4.78, 5) is 29.5. The van der Waals surface area contributed by atoms with Crippen LogP contribution in [0, 0.1) is 11.3 Å². The highest BCUT2D eigenvalue weighted by Gasteiger charge is 2.53. The Bertz CT molecular complexity index is 1570. The molecule has 1 aromatic heterocycles. The Balaban J connectivity index is 1.63. The fraction of sp³-hybridized carbons (Fsp3) is 0.379. The molecule has 0 radical (unpaired) electrons. The molecule has 15 heteroatoms. The number of hydrogen-bond acceptors (Lipinski definition) is 8. The zero-order chi connectivity index (χ0) is 31.6. The van der Waals surface area contributed by atoms with Crippen LogP contribution in [-0.2, 0) is 13.2 Å². The van der Waals surface area contributed by atoms with Crippen molar-refractivity contribution in [3.05, 3.63) is 81.5 Å². The van der Waals surface area contributed by atoms with Crippen molar-refractivity contribution in [2.24, 2.45) is 5.73 Å². The van der Waals surface area contributed by atoms with Crippen LogP contribution < -0.4 is 15.8 Å². The van der Waals surface area contributed by atoms with Crippen molar-refractivity contribution in [1.82, 2.24) is 24.9 Å². The molecule has 3 atom stereocenters. The van der Waals surface area contributed by atoms with Gasteiger partial charge in [-0.15, -0.1) is 0 Å². The van der Waals surface area contributed by atoms with Crippen LogP contribution in [0.3, 0.4) is 0 Å². The molecule has 0 bridgehead atoms. The van der Waals surface area contributed by atoms with Crippen molar-refractivity contribution >= 4 is 23.5 Å². The van der Waals surface area contributed by atoms with Crippen LogP contribution in [0.25, 0.3) is 0 Å². The molecule has 3 unspecified atom stereocenters. The second kappa shape index (κ2) is 12.8. The molecule has 3 heterocycles. The van der Waals surface area contributed by atoms with Crippen LogP contribution in [0.15, 0.2) is 48.5 Å². The van der Waals surface area contributed by atoms with Gasteiger partial charge in [-0.2, -0.15) is 28.2 Å². The third-order valence-corrected chi connectivity index (χ3v) is 7.92. The molecule has 5 rings (SSSR count). The van der Waals surface area contributed by atoms with Gasteiger partial charge in [0, 0.05) is 32.7 Å². The average Bonchev–Trinajstić information content (AvgIpc) is 3.62. The van der Waals surface area contributed by atoms with Crippen LogP contribution >= 0.6 is 11.6 Å². The lowest BCUT2D eigenvalue weighted by Crippen LogP contribution is -2.61. The van der Waals surface area contributed by atoms with Gasteiger partial charge in [0.1, 0.15) is 36.0 Å². The van der Waals surface area contributed by atoms with Gasteiger partial charge in [0.2, 0.25) is 5.88 Å². The lowest BCUT2D eigenvalue weighted by molar-refractivity contribution is -0.175. The zero-order valence-electron chi connectivity index (χ0n) is 23.3. The fourth-order valence-electron chi connectivity index (χ4n) is 5.36. The molecule has 11 nitrogen and oxygen atoms in total. The van der Waals surface area contributed by atoms with Gasteiger partial charge in [0.25, 0.3) is 5.91 Å². The molecule has 2 aliphatic heterocycles. The van der Waals surface area contributed by atoms with Gasteiger partial charge < -0.3 is 30.7 Å². The fourth-order valence-corrected chi connectivity index (χ4v) is 5.57. The quantitative estimate of drug-likeness (QED) is 0.376. The van der Waals surface area contributed by atoms with E-state index in [2.05, 4.69) is 10.4 Å². The number of benzene rings is 2. The van der Waals surface area contributed by atoms with Crippen LogP contribution in [0.5, 0.6) is 5.88 Å². The highest BCUT2D eigenvalue weighted by molar-refractivity contribution is 6.33. The van der Waals surface area contributed by atoms with Crippen LogP contribution in [0.4, 0.5) is 18.0 Å². The number of alkyl halides is 3. The molecule has 2 saturated heterocycles. The van der Waals surface area contributed by atoms with Crippen LogP contribution in [0.2, 0.25) is 5.02 Å². The Morgan fingerprint density at radius 1 is 1.16 bits per heavy atom. The SMILES string of the molecule is N#Cc1c(C2C(C(F)(F)F)NCCN2C(=O)N2CCC(O)C2)nn(C(=O)c2ccccc2Cl)c1OCc1ccc(CN)cc1. The molecule has 2 fully saturated rings. The number of amides is 2. The van der Waals surface area contributed by atoms with Gasteiger partial charge in [0.05, 0.1) is 16.7 Å². The van der Waals surface area contributed by atoms with Gasteiger partial charge in [-0.1, -0.05) is 48.0 Å². The summed E-state index contributed by atoms with van der Waals surface area (Å²) in [6, 6.07) is 9.94. The first-order valence-electron chi connectivity index (χ1n) is 13.8. The summed E-state index contributed by atoms with van der Waals surface area (Å²) in [5.41, 5.74) is 6.21.